The van der Waals surface area contributed by atoms with Gasteiger partial charge in [0.05, 0.1) is 13.0 Å². The molecule has 0 heterocycles. The van der Waals surface area contributed by atoms with Crippen molar-refractivity contribution in [1.29, 1.82) is 0 Å². The molecule has 0 saturated carbocycles. The Labute approximate surface area is 134 Å². The Hall–Kier alpha value is -1.51. The molecule has 1 unspecified atom stereocenters. The van der Waals surface area contributed by atoms with Crippen LogP contribution in [0, 0.1) is 5.41 Å². The first-order valence-electron chi connectivity index (χ1n) is 7.95. The van der Waals surface area contributed by atoms with E-state index in [4.69, 9.17) is 4.74 Å². The van der Waals surface area contributed by atoms with E-state index < -0.39 is 0 Å². The normalized spacial score (nSPS) is 13.8. The van der Waals surface area contributed by atoms with Crippen molar-refractivity contribution in [3.63, 3.8) is 0 Å². The first kappa shape index (κ1) is 18.5. The van der Waals surface area contributed by atoms with Crippen LogP contribution in [-0.2, 0) is 14.9 Å². The van der Waals surface area contributed by atoms with Crippen LogP contribution in [0.3, 0.4) is 0 Å². The molecule has 1 atom stereocenters. The van der Waals surface area contributed by atoms with Crippen LogP contribution in [0.1, 0.15) is 71.9 Å². The fourth-order valence-corrected chi connectivity index (χ4v) is 2.68. The molecule has 0 aliphatic heterocycles. The van der Waals surface area contributed by atoms with Crippen molar-refractivity contribution in [2.45, 2.75) is 66.2 Å². The van der Waals surface area contributed by atoms with Gasteiger partial charge in [-0.3, -0.25) is 4.79 Å². The average molecular weight is 306 g/mol. The Balaban J connectivity index is 3.24. The van der Waals surface area contributed by atoms with Crippen LogP contribution in [0.4, 0.5) is 0 Å². The smallest absolute Gasteiger partial charge is 0.306 e. The number of carbonyl (C=O) groups excluding carboxylic acids is 1. The van der Waals surface area contributed by atoms with Crippen molar-refractivity contribution in [2.24, 2.45) is 5.41 Å². The van der Waals surface area contributed by atoms with Gasteiger partial charge in [-0.25, -0.2) is 0 Å². The van der Waals surface area contributed by atoms with Gasteiger partial charge in [0.1, 0.15) is 5.75 Å². The molecule has 3 nitrogen and oxygen atoms in total. The molecule has 0 radical (unpaired) electrons. The molecule has 0 fully saturated rings. The molecule has 0 aliphatic carbocycles. The van der Waals surface area contributed by atoms with Gasteiger partial charge >= 0.3 is 5.97 Å². The highest BCUT2D eigenvalue weighted by Crippen LogP contribution is 2.41. The van der Waals surface area contributed by atoms with Gasteiger partial charge in [0.2, 0.25) is 0 Å². The summed E-state index contributed by atoms with van der Waals surface area (Å²) >= 11 is 0. The summed E-state index contributed by atoms with van der Waals surface area (Å²) in [6, 6.07) is 5.68. The molecule has 1 aromatic rings. The molecule has 124 valence electrons. The summed E-state index contributed by atoms with van der Waals surface area (Å²) in [6.07, 6.45) is 0.353. The van der Waals surface area contributed by atoms with E-state index in [1.165, 1.54) is 0 Å². The Kier molecular flexibility index (Phi) is 5.66. The zero-order valence-corrected chi connectivity index (χ0v) is 15.0. The lowest BCUT2D eigenvalue weighted by Crippen LogP contribution is -2.23. The number of phenols is 1. The molecule has 0 aromatic heterocycles. The van der Waals surface area contributed by atoms with Gasteiger partial charge < -0.3 is 9.84 Å². The molecular formula is C19H30O3. The molecule has 0 saturated heterocycles. The maximum Gasteiger partial charge on any atom is 0.306 e. The number of carbonyl (C=O) groups is 1. The van der Waals surface area contributed by atoms with E-state index in [0.29, 0.717) is 18.8 Å². The quantitative estimate of drug-likeness (QED) is 0.815. The van der Waals surface area contributed by atoms with Crippen molar-refractivity contribution in [2.75, 3.05) is 6.61 Å². The first-order chi connectivity index (χ1) is 9.96. The minimum Gasteiger partial charge on any atom is -0.508 e. The third kappa shape index (κ3) is 4.75. The Morgan fingerprint density at radius 3 is 2.23 bits per heavy atom. The fraction of sp³-hybridized carbons (Fsp3) is 0.632. The Morgan fingerprint density at radius 1 is 1.18 bits per heavy atom. The van der Waals surface area contributed by atoms with Crippen molar-refractivity contribution >= 4 is 5.97 Å². The standard InChI is InChI=1S/C19H30O3/c1-8-22-17(21)12-14(18(2,3)4)13-9-10-16(20)15(11-13)19(5,6)7/h9-11,14,20H,8,12H2,1-7H3. The van der Waals surface area contributed by atoms with E-state index in [1.807, 2.05) is 19.1 Å². The highest BCUT2D eigenvalue weighted by molar-refractivity contribution is 5.70. The second kappa shape index (κ2) is 6.72. The second-order valence-electron chi connectivity index (χ2n) is 7.95. The summed E-state index contributed by atoms with van der Waals surface area (Å²) in [5.41, 5.74) is 1.76. The lowest BCUT2D eigenvalue weighted by molar-refractivity contribution is -0.144. The van der Waals surface area contributed by atoms with Gasteiger partial charge in [-0.2, -0.15) is 0 Å². The van der Waals surface area contributed by atoms with Crippen molar-refractivity contribution < 1.29 is 14.6 Å². The van der Waals surface area contributed by atoms with Crippen molar-refractivity contribution in [3.8, 4) is 5.75 Å². The minimum absolute atomic E-state index is 0.0493. The van der Waals surface area contributed by atoms with E-state index in [1.54, 1.807) is 6.07 Å². The maximum atomic E-state index is 12.0. The first-order valence-corrected chi connectivity index (χ1v) is 7.95. The number of ether oxygens (including phenoxy) is 1. The Bertz CT molecular complexity index is 518. The third-order valence-electron chi connectivity index (χ3n) is 3.95. The Morgan fingerprint density at radius 2 is 1.77 bits per heavy atom. The molecule has 1 N–H and O–H groups in total. The summed E-state index contributed by atoms with van der Waals surface area (Å²) in [5, 5.41) is 10.1. The van der Waals surface area contributed by atoms with Gasteiger partial charge in [0.25, 0.3) is 0 Å². The maximum absolute atomic E-state index is 12.0. The van der Waals surface area contributed by atoms with Crippen LogP contribution in [0.25, 0.3) is 0 Å². The molecule has 0 aliphatic rings. The van der Waals surface area contributed by atoms with E-state index in [0.717, 1.165) is 11.1 Å². The SMILES string of the molecule is CCOC(=O)CC(c1ccc(O)c(C(C)(C)C)c1)C(C)(C)C. The second-order valence-corrected chi connectivity index (χ2v) is 7.95. The van der Waals surface area contributed by atoms with Crippen molar-refractivity contribution in [1.82, 2.24) is 0 Å². The molecular weight excluding hydrogens is 276 g/mol. The zero-order chi connectivity index (χ0) is 17.1. The van der Waals surface area contributed by atoms with Crippen LogP contribution < -0.4 is 0 Å². The van der Waals surface area contributed by atoms with Gasteiger partial charge in [0, 0.05) is 0 Å². The number of phenolic OH excluding ortho intramolecular Hbond substituents is 1. The fourth-order valence-electron chi connectivity index (χ4n) is 2.68. The van der Waals surface area contributed by atoms with Gasteiger partial charge in [-0.15, -0.1) is 0 Å². The molecule has 0 bridgehead atoms. The topological polar surface area (TPSA) is 46.5 Å². The molecule has 0 amide bonds. The molecule has 1 rings (SSSR count). The van der Waals surface area contributed by atoms with E-state index in [2.05, 4.69) is 41.5 Å². The van der Waals surface area contributed by atoms with Gasteiger partial charge in [-0.05, 0) is 40.9 Å². The number of hydrogen-bond acceptors (Lipinski definition) is 3. The largest absolute Gasteiger partial charge is 0.508 e. The average Bonchev–Trinajstić information content (AvgIpc) is 2.34. The summed E-state index contributed by atoms with van der Waals surface area (Å²) in [4.78, 5) is 12.0. The predicted molar refractivity (Wildman–Crippen MR) is 90.3 cm³/mol. The van der Waals surface area contributed by atoms with Crippen molar-refractivity contribution in [3.05, 3.63) is 29.3 Å². The zero-order valence-electron chi connectivity index (χ0n) is 15.0. The van der Waals surface area contributed by atoms with E-state index in [9.17, 15) is 9.90 Å². The van der Waals surface area contributed by atoms with Gasteiger partial charge in [-0.1, -0.05) is 53.7 Å². The lowest BCUT2D eigenvalue weighted by Gasteiger charge is -2.32. The van der Waals surface area contributed by atoms with E-state index >= 15 is 0 Å². The highest BCUT2D eigenvalue weighted by atomic mass is 16.5. The number of benzene rings is 1. The van der Waals surface area contributed by atoms with Crippen LogP contribution in [-0.4, -0.2) is 17.7 Å². The number of rotatable bonds is 4. The minimum atomic E-state index is -0.173. The van der Waals surface area contributed by atoms with Crippen LogP contribution in [0.15, 0.2) is 18.2 Å². The summed E-state index contributed by atoms with van der Waals surface area (Å²) in [5.74, 6) is 0.182. The molecule has 22 heavy (non-hydrogen) atoms. The van der Waals surface area contributed by atoms with E-state index in [-0.39, 0.29) is 22.7 Å². The number of aromatic hydroxyl groups is 1. The van der Waals surface area contributed by atoms with Gasteiger partial charge in [0.15, 0.2) is 0 Å². The number of hydrogen-bond donors (Lipinski definition) is 1. The summed E-state index contributed by atoms with van der Waals surface area (Å²) in [6.45, 7) is 14.8. The van der Waals surface area contributed by atoms with Crippen LogP contribution in [0.2, 0.25) is 0 Å². The summed E-state index contributed by atoms with van der Waals surface area (Å²) in [7, 11) is 0. The van der Waals surface area contributed by atoms with Crippen LogP contribution >= 0.6 is 0 Å². The predicted octanol–water partition coefficient (Wildman–Crippen LogP) is 4.77. The number of esters is 1. The molecule has 1 aromatic carbocycles. The lowest BCUT2D eigenvalue weighted by atomic mass is 9.73. The third-order valence-corrected chi connectivity index (χ3v) is 3.95. The summed E-state index contributed by atoms with van der Waals surface area (Å²) < 4.78 is 5.12. The highest BCUT2D eigenvalue weighted by Gasteiger charge is 2.30. The molecule has 0 spiro atoms. The monoisotopic (exact) mass is 306 g/mol. The van der Waals surface area contributed by atoms with Crippen LogP contribution in [0.5, 0.6) is 5.75 Å². The molecule has 3 heteroatoms.